The predicted molar refractivity (Wildman–Crippen MR) is 60.5 cm³/mol. The molecule has 81 valence electrons. The fraction of sp³-hybridized carbons (Fsp3) is 0.222. The number of carbonyl (C=O) groups excluding carboxylic acids is 1. The van der Waals surface area contributed by atoms with Crippen molar-refractivity contribution in [2.45, 2.75) is 6.92 Å². The normalized spacial score (nSPS) is 10.1. The summed E-state index contributed by atoms with van der Waals surface area (Å²) in [7, 11) is 11.2. The van der Waals surface area contributed by atoms with E-state index in [2.05, 4.69) is 0 Å². The molecule has 0 saturated heterocycles. The molecule has 1 aromatic rings. The fourth-order valence-corrected chi connectivity index (χ4v) is 3.05. The Morgan fingerprint density at radius 3 is 2.40 bits per heavy atom. The summed E-state index contributed by atoms with van der Waals surface area (Å²) in [4.78, 5) is 11.3. The molecule has 0 saturated carbocycles. The summed E-state index contributed by atoms with van der Waals surface area (Å²) in [5.41, 5.74) is 0.485. The van der Waals surface area contributed by atoms with Crippen molar-refractivity contribution in [2.24, 2.45) is 0 Å². The second kappa shape index (κ2) is 6.45. The van der Waals surface area contributed by atoms with Gasteiger partial charge in [0.05, 0.1) is 0 Å². The molecule has 0 amide bonds. The average molecular weight is 355 g/mol. The van der Waals surface area contributed by atoms with Crippen LogP contribution < -0.4 is 3.07 Å². The van der Waals surface area contributed by atoms with Crippen LogP contribution in [0.4, 0.5) is 0 Å². The van der Waals surface area contributed by atoms with Gasteiger partial charge in [0.1, 0.15) is 0 Å². The number of hydrogen-bond donors (Lipinski definition) is 0. The van der Waals surface area contributed by atoms with E-state index in [0.29, 0.717) is 17.9 Å². The van der Waals surface area contributed by atoms with E-state index in [9.17, 15) is 4.79 Å². The maximum atomic E-state index is 11.3. The van der Waals surface area contributed by atoms with Gasteiger partial charge in [-0.05, 0) is 0 Å². The molecule has 6 heteroatoms. The number of hydrogen-bond acceptors (Lipinski definition) is 3. The summed E-state index contributed by atoms with van der Waals surface area (Å²) in [6.07, 6.45) is 0. The van der Waals surface area contributed by atoms with E-state index in [-0.39, 0.29) is 5.97 Å². The first-order valence-electron chi connectivity index (χ1n) is 4.26. The number of halogens is 2. The van der Waals surface area contributed by atoms with Gasteiger partial charge in [0.15, 0.2) is 0 Å². The third kappa shape index (κ3) is 4.49. The molecule has 0 aliphatic carbocycles. The summed E-state index contributed by atoms with van der Waals surface area (Å²) in [6, 6.07) is 6.54. The van der Waals surface area contributed by atoms with E-state index < -0.39 is 17.9 Å². The Hall–Kier alpha value is -0.131. The molecule has 1 aromatic carbocycles. The summed E-state index contributed by atoms with van der Waals surface area (Å²) in [5.74, 6) is 0.238. The Morgan fingerprint density at radius 2 is 1.93 bits per heavy atom. The van der Waals surface area contributed by atoms with E-state index in [1.165, 1.54) is 0 Å². The van der Waals surface area contributed by atoms with Crippen molar-refractivity contribution in [1.29, 1.82) is 0 Å². The first-order chi connectivity index (χ1) is 7.13. The van der Waals surface area contributed by atoms with Crippen LogP contribution >= 0.6 is 17.8 Å². The van der Waals surface area contributed by atoms with Crippen LogP contribution in [0.1, 0.15) is 17.3 Å². The van der Waals surface area contributed by atoms with Gasteiger partial charge in [-0.15, -0.1) is 0 Å². The predicted octanol–water partition coefficient (Wildman–Crippen LogP) is 2.70. The zero-order valence-electron chi connectivity index (χ0n) is 8.00. The molecule has 0 aliphatic rings. The molecule has 0 aliphatic heterocycles. The van der Waals surface area contributed by atoms with Crippen LogP contribution in [0.15, 0.2) is 24.3 Å². The van der Waals surface area contributed by atoms with Crippen molar-refractivity contribution in [2.75, 3.05) is 6.61 Å². The number of ether oxygens (including phenoxy) is 1. The van der Waals surface area contributed by atoms with Gasteiger partial charge in [-0.25, -0.2) is 0 Å². The average Bonchev–Trinajstić information content (AvgIpc) is 2.18. The SMILES string of the molecule is CCOC(=O)c1ccc([O][Sn]([Cl])[Cl])cc1. The van der Waals surface area contributed by atoms with Crippen molar-refractivity contribution >= 4 is 41.7 Å². The third-order valence-electron chi connectivity index (χ3n) is 1.56. The van der Waals surface area contributed by atoms with Gasteiger partial charge in [0.25, 0.3) is 0 Å². The van der Waals surface area contributed by atoms with E-state index in [1.54, 1.807) is 31.2 Å². The van der Waals surface area contributed by atoms with Crippen LogP contribution in [-0.4, -0.2) is 30.5 Å². The Bertz CT molecular complexity index is 327. The van der Waals surface area contributed by atoms with E-state index in [4.69, 9.17) is 25.7 Å². The van der Waals surface area contributed by atoms with Crippen molar-refractivity contribution < 1.29 is 12.6 Å². The summed E-state index contributed by atoms with van der Waals surface area (Å²) >= 11 is -2.62. The molecule has 0 spiro atoms. The molecular weight excluding hydrogens is 346 g/mol. The van der Waals surface area contributed by atoms with Gasteiger partial charge in [0, 0.05) is 0 Å². The van der Waals surface area contributed by atoms with Gasteiger partial charge in [-0.2, -0.15) is 0 Å². The first kappa shape index (κ1) is 12.9. The summed E-state index contributed by atoms with van der Waals surface area (Å²) < 4.78 is 10.0. The molecule has 1 radical (unpaired) electrons. The Kier molecular flexibility index (Phi) is 5.56. The van der Waals surface area contributed by atoms with Crippen molar-refractivity contribution in [3.63, 3.8) is 0 Å². The zero-order valence-corrected chi connectivity index (χ0v) is 12.4. The monoisotopic (exact) mass is 355 g/mol. The number of benzene rings is 1. The topological polar surface area (TPSA) is 35.5 Å². The number of esters is 1. The van der Waals surface area contributed by atoms with Gasteiger partial charge in [-0.3, -0.25) is 0 Å². The molecule has 15 heavy (non-hydrogen) atoms. The molecule has 0 atom stereocenters. The van der Waals surface area contributed by atoms with Crippen molar-refractivity contribution in [1.82, 2.24) is 0 Å². The fourth-order valence-electron chi connectivity index (χ4n) is 0.963. The van der Waals surface area contributed by atoms with Crippen LogP contribution in [0.3, 0.4) is 0 Å². The van der Waals surface area contributed by atoms with Crippen LogP contribution in [0.25, 0.3) is 0 Å². The molecule has 3 nitrogen and oxygen atoms in total. The Balaban J connectivity index is 2.67. The Morgan fingerprint density at radius 1 is 1.33 bits per heavy atom. The molecule has 0 heterocycles. The van der Waals surface area contributed by atoms with Gasteiger partial charge in [-0.1, -0.05) is 0 Å². The molecule has 1 rings (SSSR count). The molecule has 0 N–H and O–H groups in total. The van der Waals surface area contributed by atoms with Gasteiger partial charge < -0.3 is 0 Å². The maximum absolute atomic E-state index is 11.3. The van der Waals surface area contributed by atoms with Crippen molar-refractivity contribution in [3.8, 4) is 5.75 Å². The van der Waals surface area contributed by atoms with Gasteiger partial charge >= 0.3 is 103 Å². The minimum absolute atomic E-state index is 0.348. The van der Waals surface area contributed by atoms with E-state index in [1.807, 2.05) is 0 Å². The molecule has 0 bridgehead atoms. The van der Waals surface area contributed by atoms with Crippen molar-refractivity contribution in [3.05, 3.63) is 29.8 Å². The Labute approximate surface area is 103 Å². The number of carbonyl (C=O) groups is 1. The summed E-state index contributed by atoms with van der Waals surface area (Å²) in [6.45, 7) is 2.12. The minimum atomic E-state index is -2.62. The van der Waals surface area contributed by atoms with E-state index >= 15 is 0 Å². The standard InChI is InChI=1S/C9H10O3.2ClH.Sn/c1-2-12-9(11)7-3-5-8(10)6-4-7;;;/h3-6,10H,2H2,1H3;2*1H;/q;;;+3/p-3. The molecule has 0 fully saturated rings. The first-order valence-corrected chi connectivity index (χ1v) is 12.7. The van der Waals surface area contributed by atoms with Crippen LogP contribution in [0.5, 0.6) is 5.75 Å². The quantitative estimate of drug-likeness (QED) is 0.616. The number of rotatable bonds is 4. The van der Waals surface area contributed by atoms with Gasteiger partial charge in [0.2, 0.25) is 0 Å². The molecule has 0 unspecified atom stereocenters. The third-order valence-corrected chi connectivity index (χ3v) is 3.71. The van der Waals surface area contributed by atoms with E-state index in [0.717, 1.165) is 0 Å². The van der Waals surface area contributed by atoms with Crippen LogP contribution in [0, 0.1) is 0 Å². The second-order valence-electron chi connectivity index (χ2n) is 2.57. The summed E-state index contributed by atoms with van der Waals surface area (Å²) in [5, 5.41) is 0. The van der Waals surface area contributed by atoms with Crippen LogP contribution in [0.2, 0.25) is 0 Å². The van der Waals surface area contributed by atoms with Crippen LogP contribution in [-0.2, 0) is 4.74 Å². The molecule has 0 aromatic heterocycles. The zero-order chi connectivity index (χ0) is 11.3. The second-order valence-corrected chi connectivity index (χ2v) is 10.3. The molecular formula is C9H9Cl2O3Sn.